The van der Waals surface area contributed by atoms with Crippen molar-refractivity contribution in [3.8, 4) is 0 Å². The summed E-state index contributed by atoms with van der Waals surface area (Å²) in [5.74, 6) is 0. The highest BCUT2D eigenvalue weighted by atomic mass is 32.2. The number of benzene rings is 1. The number of carboxylic acid groups (broad SMARTS) is 1. The molecular weight excluding hydrogens is 208 g/mol. The lowest BCUT2D eigenvalue weighted by atomic mass is 10.4. The molecule has 0 aromatic heterocycles. The Morgan fingerprint density at radius 1 is 1.21 bits per heavy atom. The van der Waals surface area contributed by atoms with Gasteiger partial charge in [0.1, 0.15) is 0 Å². The first-order chi connectivity index (χ1) is 6.34. The van der Waals surface area contributed by atoms with E-state index in [0.29, 0.717) is 0 Å². The first-order valence-electron chi connectivity index (χ1n) is 3.40. The number of nitrogens with two attached hydrogens (primary N) is 2. The van der Waals surface area contributed by atoms with Gasteiger partial charge in [0, 0.05) is 0 Å². The molecule has 0 atom stereocenters. The Balaban J connectivity index is 0.000000364. The van der Waals surface area contributed by atoms with E-state index in [2.05, 4.69) is 5.73 Å². The summed E-state index contributed by atoms with van der Waals surface area (Å²) in [4.78, 5) is 8.93. The first kappa shape index (κ1) is 12.4. The number of amides is 1. The topological polar surface area (TPSA) is 123 Å². The highest BCUT2D eigenvalue weighted by molar-refractivity contribution is 7.89. The number of rotatable bonds is 1. The Kier molecular flexibility index (Phi) is 4.60. The maximum absolute atomic E-state index is 10.6. The van der Waals surface area contributed by atoms with Crippen LogP contribution in [-0.2, 0) is 10.0 Å². The zero-order valence-corrected chi connectivity index (χ0v) is 7.94. The highest BCUT2D eigenvalue weighted by Gasteiger charge is 2.03. The largest absolute Gasteiger partial charge is 0.465 e. The second-order valence-electron chi connectivity index (χ2n) is 2.20. The Hall–Kier alpha value is -1.60. The van der Waals surface area contributed by atoms with Crippen LogP contribution in [0.3, 0.4) is 0 Å². The van der Waals surface area contributed by atoms with Crippen molar-refractivity contribution in [3.05, 3.63) is 30.3 Å². The van der Waals surface area contributed by atoms with E-state index in [1.165, 1.54) is 12.1 Å². The molecule has 0 aliphatic carbocycles. The van der Waals surface area contributed by atoms with E-state index in [1.807, 2.05) is 0 Å². The average molecular weight is 218 g/mol. The molecule has 14 heavy (non-hydrogen) atoms. The van der Waals surface area contributed by atoms with Crippen molar-refractivity contribution in [1.82, 2.24) is 0 Å². The van der Waals surface area contributed by atoms with Crippen molar-refractivity contribution in [1.29, 1.82) is 0 Å². The van der Waals surface area contributed by atoms with Crippen LogP contribution in [0, 0.1) is 0 Å². The molecule has 1 rings (SSSR count). The van der Waals surface area contributed by atoms with Gasteiger partial charge in [0.2, 0.25) is 10.0 Å². The maximum atomic E-state index is 10.6. The standard InChI is InChI=1S/C6H7NO2S.CH3NO2/c7-10(8,9)6-4-2-1-3-5-6;2-1(3)4/h1-5H,(H2,7,8,9);2H2,(H,3,4). The van der Waals surface area contributed by atoms with Gasteiger partial charge in [-0.2, -0.15) is 0 Å². The van der Waals surface area contributed by atoms with E-state index >= 15 is 0 Å². The SMILES string of the molecule is NC(=O)O.NS(=O)(=O)c1ccccc1. The summed E-state index contributed by atoms with van der Waals surface area (Å²) in [6.07, 6.45) is -1.33. The molecule has 6 nitrogen and oxygen atoms in total. The molecule has 7 heteroatoms. The van der Waals surface area contributed by atoms with Crippen molar-refractivity contribution < 1.29 is 18.3 Å². The second kappa shape index (κ2) is 5.20. The Labute approximate surface area is 81.2 Å². The van der Waals surface area contributed by atoms with Crippen LogP contribution in [0.4, 0.5) is 4.79 Å². The first-order valence-corrected chi connectivity index (χ1v) is 4.95. The van der Waals surface area contributed by atoms with Crippen LogP contribution in [0.25, 0.3) is 0 Å². The van der Waals surface area contributed by atoms with Gasteiger partial charge in [-0.3, -0.25) is 0 Å². The Morgan fingerprint density at radius 2 is 1.57 bits per heavy atom. The predicted octanol–water partition coefficient (Wildman–Crippen LogP) is -0.0429. The number of hydrogen-bond acceptors (Lipinski definition) is 3. The monoisotopic (exact) mass is 218 g/mol. The van der Waals surface area contributed by atoms with Crippen LogP contribution >= 0.6 is 0 Å². The van der Waals surface area contributed by atoms with Gasteiger partial charge in [0.05, 0.1) is 4.90 Å². The van der Waals surface area contributed by atoms with E-state index in [-0.39, 0.29) is 4.90 Å². The van der Waals surface area contributed by atoms with E-state index in [1.54, 1.807) is 18.2 Å². The molecule has 0 spiro atoms. The molecule has 1 aromatic carbocycles. The lowest BCUT2D eigenvalue weighted by molar-refractivity contribution is 0.205. The van der Waals surface area contributed by atoms with Crippen LogP contribution < -0.4 is 10.9 Å². The van der Waals surface area contributed by atoms with Gasteiger partial charge in [-0.15, -0.1) is 0 Å². The van der Waals surface area contributed by atoms with Crippen LogP contribution in [-0.4, -0.2) is 19.6 Å². The molecular formula is C7H10N2O4S. The van der Waals surface area contributed by atoms with E-state index in [9.17, 15) is 8.42 Å². The minimum atomic E-state index is -3.50. The third-order valence-corrected chi connectivity index (χ3v) is 2.00. The van der Waals surface area contributed by atoms with Crippen LogP contribution in [0.15, 0.2) is 35.2 Å². The maximum Gasteiger partial charge on any atom is 0.402 e. The third kappa shape index (κ3) is 5.98. The summed E-state index contributed by atoms with van der Waals surface area (Å²) in [7, 11) is -3.50. The minimum Gasteiger partial charge on any atom is -0.465 e. The van der Waals surface area contributed by atoms with E-state index in [0.717, 1.165) is 0 Å². The number of primary sulfonamides is 1. The van der Waals surface area contributed by atoms with Crippen molar-refractivity contribution in [2.45, 2.75) is 4.90 Å². The Bertz CT molecular complexity index is 383. The smallest absolute Gasteiger partial charge is 0.402 e. The molecule has 78 valence electrons. The van der Waals surface area contributed by atoms with Gasteiger partial charge in [-0.1, -0.05) is 18.2 Å². The summed E-state index contributed by atoms with van der Waals surface area (Å²) in [5.41, 5.74) is 4.03. The summed E-state index contributed by atoms with van der Waals surface area (Å²) in [6.45, 7) is 0. The molecule has 0 fully saturated rings. The van der Waals surface area contributed by atoms with Crippen molar-refractivity contribution in [2.24, 2.45) is 10.9 Å². The normalized spacial score (nSPS) is 9.79. The number of sulfonamides is 1. The average Bonchev–Trinajstić information content (AvgIpc) is 2.03. The van der Waals surface area contributed by atoms with Crippen LogP contribution in [0.5, 0.6) is 0 Å². The van der Waals surface area contributed by atoms with Crippen molar-refractivity contribution in [3.63, 3.8) is 0 Å². The lowest BCUT2D eigenvalue weighted by Gasteiger charge is -1.93. The van der Waals surface area contributed by atoms with E-state index < -0.39 is 16.1 Å². The van der Waals surface area contributed by atoms with Gasteiger partial charge >= 0.3 is 6.09 Å². The van der Waals surface area contributed by atoms with Gasteiger partial charge in [-0.25, -0.2) is 18.4 Å². The molecule has 1 amide bonds. The molecule has 0 saturated carbocycles. The van der Waals surface area contributed by atoms with Gasteiger partial charge in [0.25, 0.3) is 0 Å². The summed E-state index contributed by atoms with van der Waals surface area (Å²) < 4.78 is 21.2. The fraction of sp³-hybridized carbons (Fsp3) is 0. The molecule has 0 aliphatic heterocycles. The molecule has 0 bridgehead atoms. The van der Waals surface area contributed by atoms with Gasteiger partial charge < -0.3 is 10.8 Å². The van der Waals surface area contributed by atoms with Gasteiger partial charge in [-0.05, 0) is 12.1 Å². The van der Waals surface area contributed by atoms with Crippen molar-refractivity contribution in [2.75, 3.05) is 0 Å². The molecule has 0 aliphatic rings. The fourth-order valence-electron chi connectivity index (χ4n) is 0.610. The molecule has 0 heterocycles. The fourth-order valence-corrected chi connectivity index (χ4v) is 1.15. The molecule has 0 unspecified atom stereocenters. The molecule has 5 N–H and O–H groups in total. The quantitative estimate of drug-likeness (QED) is 0.611. The molecule has 1 aromatic rings. The highest BCUT2D eigenvalue weighted by Crippen LogP contribution is 2.02. The summed E-state index contributed by atoms with van der Waals surface area (Å²) >= 11 is 0. The van der Waals surface area contributed by atoms with Gasteiger partial charge in [0.15, 0.2) is 0 Å². The summed E-state index contributed by atoms with van der Waals surface area (Å²) in [5, 5.41) is 12.0. The van der Waals surface area contributed by atoms with Crippen molar-refractivity contribution >= 4 is 16.1 Å². The molecule has 0 saturated heterocycles. The zero-order chi connectivity index (χ0) is 11.2. The number of carbonyl (C=O) groups is 1. The van der Waals surface area contributed by atoms with E-state index in [4.69, 9.17) is 15.0 Å². The summed E-state index contributed by atoms with van der Waals surface area (Å²) in [6, 6.07) is 7.89. The number of hydrogen-bond donors (Lipinski definition) is 3. The Morgan fingerprint density at radius 3 is 1.79 bits per heavy atom. The third-order valence-electron chi connectivity index (χ3n) is 1.07. The second-order valence-corrected chi connectivity index (χ2v) is 3.76. The zero-order valence-electron chi connectivity index (χ0n) is 7.12. The number of primary amides is 1. The predicted molar refractivity (Wildman–Crippen MR) is 50.0 cm³/mol. The minimum absolute atomic E-state index is 0.148. The van der Waals surface area contributed by atoms with Crippen LogP contribution in [0.2, 0.25) is 0 Å². The lowest BCUT2D eigenvalue weighted by Crippen LogP contribution is -2.11. The molecule has 0 radical (unpaired) electrons. The van der Waals surface area contributed by atoms with Crippen LogP contribution in [0.1, 0.15) is 0 Å².